The maximum atomic E-state index is 12.3. The summed E-state index contributed by atoms with van der Waals surface area (Å²) in [6.45, 7) is 2.68. The molecule has 1 aromatic heterocycles. The van der Waals surface area contributed by atoms with Crippen molar-refractivity contribution in [2.45, 2.75) is 13.1 Å². The lowest BCUT2D eigenvalue weighted by atomic mass is 10.2. The van der Waals surface area contributed by atoms with E-state index in [0.29, 0.717) is 37.1 Å². The second-order valence-corrected chi connectivity index (χ2v) is 4.85. The van der Waals surface area contributed by atoms with Crippen LogP contribution in [0.1, 0.15) is 5.56 Å². The van der Waals surface area contributed by atoms with Crippen LogP contribution in [0.2, 0.25) is 5.15 Å². The zero-order valence-corrected chi connectivity index (χ0v) is 11.2. The predicted octanol–water partition coefficient (Wildman–Crippen LogP) is 2.12. The molecule has 1 aliphatic rings. The zero-order chi connectivity index (χ0) is 14.0. The predicted molar refractivity (Wildman–Crippen MR) is 66.5 cm³/mol. The summed E-state index contributed by atoms with van der Waals surface area (Å²) in [7, 11) is 0. The van der Waals surface area contributed by atoms with Gasteiger partial charge in [0.1, 0.15) is 17.3 Å². The highest BCUT2D eigenvalue weighted by atomic mass is 35.5. The van der Waals surface area contributed by atoms with Gasteiger partial charge in [-0.25, -0.2) is 9.97 Å². The molecule has 0 saturated carbocycles. The molecule has 0 spiro atoms. The molecule has 2 rings (SSSR count). The van der Waals surface area contributed by atoms with Crippen LogP contribution in [0.5, 0.6) is 0 Å². The van der Waals surface area contributed by atoms with Crippen molar-refractivity contribution in [3.8, 4) is 0 Å². The van der Waals surface area contributed by atoms with Crippen LogP contribution in [0.3, 0.4) is 0 Å². The number of halogens is 4. The molecule has 1 fully saturated rings. The van der Waals surface area contributed by atoms with Gasteiger partial charge in [0.05, 0.1) is 6.54 Å². The first-order valence-electron chi connectivity index (χ1n) is 5.88. The summed E-state index contributed by atoms with van der Waals surface area (Å²) < 4.78 is 36.9. The normalized spacial score (nSPS) is 17.8. The number of nitrogens with zero attached hydrogens (tertiary/aromatic N) is 4. The van der Waals surface area contributed by atoms with E-state index in [9.17, 15) is 13.2 Å². The first-order valence-corrected chi connectivity index (χ1v) is 6.26. The molecule has 106 valence electrons. The lowest BCUT2D eigenvalue weighted by molar-refractivity contribution is -0.146. The molecule has 2 heterocycles. The van der Waals surface area contributed by atoms with Crippen LogP contribution in [-0.4, -0.2) is 53.8 Å². The van der Waals surface area contributed by atoms with Gasteiger partial charge in [0, 0.05) is 31.7 Å². The van der Waals surface area contributed by atoms with E-state index in [1.54, 1.807) is 6.92 Å². The Kier molecular flexibility index (Phi) is 4.15. The van der Waals surface area contributed by atoms with E-state index in [0.717, 1.165) is 5.56 Å². The molecule has 1 aromatic rings. The summed E-state index contributed by atoms with van der Waals surface area (Å²) in [6, 6.07) is 0. The van der Waals surface area contributed by atoms with Crippen LogP contribution < -0.4 is 4.90 Å². The van der Waals surface area contributed by atoms with Crippen molar-refractivity contribution in [2.24, 2.45) is 0 Å². The molecular weight excluding hydrogens is 281 g/mol. The molecule has 19 heavy (non-hydrogen) atoms. The van der Waals surface area contributed by atoms with Crippen LogP contribution in [0.15, 0.2) is 6.33 Å². The van der Waals surface area contributed by atoms with Crippen LogP contribution in [0.4, 0.5) is 19.0 Å². The topological polar surface area (TPSA) is 32.3 Å². The molecule has 1 saturated heterocycles. The van der Waals surface area contributed by atoms with E-state index in [1.165, 1.54) is 11.2 Å². The minimum absolute atomic E-state index is 0.362. The Labute approximate surface area is 114 Å². The van der Waals surface area contributed by atoms with Gasteiger partial charge in [-0.3, -0.25) is 4.90 Å². The Morgan fingerprint density at radius 1 is 1.21 bits per heavy atom. The molecule has 0 unspecified atom stereocenters. The average Bonchev–Trinajstić information content (AvgIpc) is 2.32. The van der Waals surface area contributed by atoms with Gasteiger partial charge >= 0.3 is 6.18 Å². The Balaban J connectivity index is 1.98. The van der Waals surface area contributed by atoms with Gasteiger partial charge in [-0.1, -0.05) is 11.6 Å². The second kappa shape index (κ2) is 5.50. The Morgan fingerprint density at radius 2 is 1.84 bits per heavy atom. The van der Waals surface area contributed by atoms with E-state index in [4.69, 9.17) is 11.6 Å². The van der Waals surface area contributed by atoms with Gasteiger partial charge in [-0.15, -0.1) is 0 Å². The number of alkyl halides is 3. The quantitative estimate of drug-likeness (QED) is 0.782. The van der Waals surface area contributed by atoms with Gasteiger partial charge < -0.3 is 4.90 Å². The number of hydrogen-bond donors (Lipinski definition) is 0. The van der Waals surface area contributed by atoms with Gasteiger partial charge in [0.15, 0.2) is 0 Å². The third-order valence-corrected chi connectivity index (χ3v) is 3.45. The standard InChI is InChI=1S/C11H14ClF3N4/c1-8-9(12)16-7-17-10(8)19-4-2-18(3-5-19)6-11(13,14)15/h7H,2-6H2,1H3. The second-order valence-electron chi connectivity index (χ2n) is 4.49. The number of piperazine rings is 1. The highest BCUT2D eigenvalue weighted by Crippen LogP contribution is 2.24. The van der Waals surface area contributed by atoms with E-state index >= 15 is 0 Å². The fourth-order valence-electron chi connectivity index (χ4n) is 2.11. The maximum absolute atomic E-state index is 12.3. The summed E-state index contributed by atoms with van der Waals surface area (Å²) in [5, 5.41) is 0.378. The SMILES string of the molecule is Cc1c(Cl)ncnc1N1CCN(CC(F)(F)F)CC1. The Hall–Kier alpha value is -1.08. The fraction of sp³-hybridized carbons (Fsp3) is 0.636. The van der Waals surface area contributed by atoms with Crippen LogP contribution in [-0.2, 0) is 0 Å². The zero-order valence-electron chi connectivity index (χ0n) is 10.4. The van der Waals surface area contributed by atoms with Crippen molar-refractivity contribution in [3.05, 3.63) is 17.0 Å². The molecule has 1 aliphatic heterocycles. The van der Waals surface area contributed by atoms with Crippen LogP contribution >= 0.6 is 11.6 Å². The number of anilines is 1. The lowest BCUT2D eigenvalue weighted by Gasteiger charge is -2.36. The van der Waals surface area contributed by atoms with Crippen LogP contribution in [0.25, 0.3) is 0 Å². The number of hydrogen-bond acceptors (Lipinski definition) is 4. The Morgan fingerprint density at radius 3 is 2.42 bits per heavy atom. The highest BCUT2D eigenvalue weighted by Gasteiger charge is 2.32. The first-order chi connectivity index (χ1) is 8.87. The molecule has 0 amide bonds. The monoisotopic (exact) mass is 294 g/mol. The number of aromatic nitrogens is 2. The van der Waals surface area contributed by atoms with Crippen molar-refractivity contribution in [3.63, 3.8) is 0 Å². The van der Waals surface area contributed by atoms with Gasteiger partial charge in [-0.05, 0) is 6.92 Å². The molecular formula is C11H14ClF3N4. The van der Waals surface area contributed by atoms with Crippen molar-refractivity contribution in [1.82, 2.24) is 14.9 Å². The Bertz CT molecular complexity index is 444. The average molecular weight is 295 g/mol. The molecule has 0 radical (unpaired) electrons. The van der Waals surface area contributed by atoms with Crippen molar-refractivity contribution < 1.29 is 13.2 Å². The van der Waals surface area contributed by atoms with Crippen LogP contribution in [0, 0.1) is 6.92 Å². The van der Waals surface area contributed by atoms with E-state index in [2.05, 4.69) is 9.97 Å². The van der Waals surface area contributed by atoms with Crippen molar-refractivity contribution >= 4 is 17.4 Å². The molecule has 8 heteroatoms. The first kappa shape index (κ1) is 14.3. The summed E-state index contributed by atoms with van der Waals surface area (Å²) in [5.41, 5.74) is 0.758. The summed E-state index contributed by atoms with van der Waals surface area (Å²) in [6.07, 6.45) is -2.77. The highest BCUT2D eigenvalue weighted by molar-refractivity contribution is 6.30. The minimum Gasteiger partial charge on any atom is -0.354 e. The summed E-state index contributed by atoms with van der Waals surface area (Å²) in [4.78, 5) is 11.4. The van der Waals surface area contributed by atoms with Gasteiger partial charge in [0.2, 0.25) is 0 Å². The van der Waals surface area contributed by atoms with Crippen molar-refractivity contribution in [1.29, 1.82) is 0 Å². The molecule has 0 bridgehead atoms. The molecule has 0 aliphatic carbocycles. The van der Waals surface area contributed by atoms with Crippen molar-refractivity contribution in [2.75, 3.05) is 37.6 Å². The van der Waals surface area contributed by atoms with E-state index < -0.39 is 12.7 Å². The third kappa shape index (κ3) is 3.70. The smallest absolute Gasteiger partial charge is 0.354 e. The minimum atomic E-state index is -4.14. The van der Waals surface area contributed by atoms with E-state index in [1.807, 2.05) is 4.90 Å². The molecule has 0 aromatic carbocycles. The largest absolute Gasteiger partial charge is 0.401 e. The third-order valence-electron chi connectivity index (χ3n) is 3.07. The van der Waals surface area contributed by atoms with E-state index in [-0.39, 0.29) is 0 Å². The molecule has 0 N–H and O–H groups in total. The summed E-state index contributed by atoms with van der Waals surface area (Å²) >= 11 is 5.91. The van der Waals surface area contributed by atoms with Gasteiger partial charge in [0.25, 0.3) is 0 Å². The molecule has 0 atom stereocenters. The van der Waals surface area contributed by atoms with Gasteiger partial charge in [-0.2, -0.15) is 13.2 Å². The lowest BCUT2D eigenvalue weighted by Crippen LogP contribution is -2.49. The fourth-order valence-corrected chi connectivity index (χ4v) is 2.24. The molecule has 4 nitrogen and oxygen atoms in total. The maximum Gasteiger partial charge on any atom is 0.401 e. The number of rotatable bonds is 2. The summed E-state index contributed by atoms with van der Waals surface area (Å²) in [5.74, 6) is 0.701.